The molecule has 0 aliphatic carbocycles. The van der Waals surface area contributed by atoms with E-state index in [0.29, 0.717) is 9.24 Å². The van der Waals surface area contributed by atoms with Gasteiger partial charge >= 0.3 is 0 Å². The summed E-state index contributed by atoms with van der Waals surface area (Å²) in [4.78, 5) is 4.66. The summed E-state index contributed by atoms with van der Waals surface area (Å²) < 4.78 is 26.2. The maximum atomic E-state index is 12.3. The first-order valence-corrected chi connectivity index (χ1v) is 9.55. The number of aryl methyl sites for hydroxylation is 1. The quantitative estimate of drug-likeness (QED) is 0.682. The van der Waals surface area contributed by atoms with Gasteiger partial charge in [0.2, 0.25) is 8.87 Å². The molecule has 0 atom stereocenters. The van der Waals surface area contributed by atoms with Crippen LogP contribution in [0.3, 0.4) is 0 Å². The lowest BCUT2D eigenvalue weighted by Gasteiger charge is -2.01. The van der Waals surface area contributed by atoms with E-state index >= 15 is 0 Å². The number of benzene rings is 2. The van der Waals surface area contributed by atoms with Crippen LogP contribution in [0.15, 0.2) is 57.8 Å². The molecule has 0 amide bonds. The van der Waals surface area contributed by atoms with Crippen LogP contribution < -0.4 is 0 Å². The highest BCUT2D eigenvalue weighted by atomic mass is 33.1. The van der Waals surface area contributed by atoms with Gasteiger partial charge in [0, 0.05) is 10.8 Å². The Morgan fingerprint density at radius 3 is 2.45 bits per heavy atom. The summed E-state index contributed by atoms with van der Waals surface area (Å²) in [5, 5.41) is 0. The van der Waals surface area contributed by atoms with Crippen molar-refractivity contribution in [1.29, 1.82) is 0 Å². The van der Waals surface area contributed by atoms with Gasteiger partial charge in [-0.25, -0.2) is 13.4 Å². The van der Waals surface area contributed by atoms with Crippen molar-refractivity contribution in [2.24, 2.45) is 0 Å². The minimum Gasteiger partial charge on any atom is -0.229 e. The van der Waals surface area contributed by atoms with Crippen molar-refractivity contribution in [3.63, 3.8) is 0 Å². The van der Waals surface area contributed by atoms with Crippen LogP contribution in [0.4, 0.5) is 0 Å². The summed E-state index contributed by atoms with van der Waals surface area (Å²) >= 11 is 1.39. The molecule has 0 fully saturated rings. The number of hydrogen-bond acceptors (Lipinski definition) is 5. The molecule has 0 unspecified atom stereocenters. The maximum Gasteiger partial charge on any atom is 0.236 e. The van der Waals surface area contributed by atoms with Gasteiger partial charge in [0.15, 0.2) is 4.34 Å². The number of hydrogen-bond donors (Lipinski definition) is 0. The molecule has 0 bridgehead atoms. The second kappa shape index (κ2) is 5.20. The van der Waals surface area contributed by atoms with Crippen molar-refractivity contribution in [3.05, 3.63) is 54.1 Å². The summed E-state index contributed by atoms with van der Waals surface area (Å²) in [7, 11) is -2.60. The number of thiazole rings is 1. The number of fused-ring (bicyclic) bond motifs is 1. The molecule has 1 heterocycles. The van der Waals surface area contributed by atoms with Crippen LogP contribution in [-0.2, 0) is 8.87 Å². The van der Waals surface area contributed by atoms with Crippen LogP contribution in [0.1, 0.15) is 5.56 Å². The highest BCUT2D eigenvalue weighted by Crippen LogP contribution is 2.35. The minimum absolute atomic E-state index is 0.312. The molecule has 3 nitrogen and oxygen atoms in total. The van der Waals surface area contributed by atoms with Crippen molar-refractivity contribution in [3.8, 4) is 0 Å². The van der Waals surface area contributed by atoms with Gasteiger partial charge in [0.1, 0.15) is 0 Å². The second-order valence-corrected chi connectivity index (χ2v) is 9.34. The Balaban J connectivity index is 1.94. The van der Waals surface area contributed by atoms with E-state index in [1.165, 1.54) is 11.3 Å². The van der Waals surface area contributed by atoms with Crippen LogP contribution in [0.2, 0.25) is 0 Å². The largest absolute Gasteiger partial charge is 0.236 e. The molecule has 102 valence electrons. The summed E-state index contributed by atoms with van der Waals surface area (Å²) in [6.45, 7) is 1.93. The Labute approximate surface area is 125 Å². The normalized spacial score (nSPS) is 11.8. The fourth-order valence-electron chi connectivity index (χ4n) is 1.73. The van der Waals surface area contributed by atoms with Crippen LogP contribution in [0.25, 0.3) is 10.2 Å². The first kappa shape index (κ1) is 13.6. The zero-order valence-electron chi connectivity index (χ0n) is 10.6. The van der Waals surface area contributed by atoms with Gasteiger partial charge in [-0.15, -0.1) is 11.3 Å². The maximum absolute atomic E-state index is 12.3. The molecular formula is C14H11NO2S3. The van der Waals surface area contributed by atoms with Crippen molar-refractivity contribution < 1.29 is 8.42 Å². The van der Waals surface area contributed by atoms with Crippen LogP contribution in [0, 0.1) is 6.92 Å². The van der Waals surface area contributed by atoms with E-state index < -0.39 is 8.87 Å². The lowest BCUT2D eigenvalue weighted by Crippen LogP contribution is -1.94. The zero-order valence-corrected chi connectivity index (χ0v) is 13.1. The number of para-hydroxylation sites is 1. The molecule has 0 aliphatic heterocycles. The Morgan fingerprint density at radius 1 is 1.05 bits per heavy atom. The molecule has 0 N–H and O–H groups in total. The monoisotopic (exact) mass is 321 g/mol. The molecule has 20 heavy (non-hydrogen) atoms. The van der Waals surface area contributed by atoms with Crippen LogP contribution >= 0.6 is 22.1 Å². The third kappa shape index (κ3) is 2.72. The van der Waals surface area contributed by atoms with E-state index in [2.05, 4.69) is 4.98 Å². The minimum atomic E-state index is -3.41. The molecule has 0 aliphatic rings. The number of nitrogens with zero attached hydrogens (tertiary/aromatic N) is 1. The first-order valence-electron chi connectivity index (χ1n) is 5.91. The Kier molecular flexibility index (Phi) is 3.54. The standard InChI is InChI=1S/C14H11NO2S3/c1-10-6-8-11(9-7-10)20(16,17)19-14-15-12-4-2-3-5-13(12)18-14/h2-9H,1H3. The molecule has 0 saturated carbocycles. The van der Waals surface area contributed by atoms with Crippen molar-refractivity contribution in [2.45, 2.75) is 16.2 Å². The van der Waals surface area contributed by atoms with Crippen molar-refractivity contribution in [1.82, 2.24) is 4.98 Å². The van der Waals surface area contributed by atoms with Gasteiger partial charge < -0.3 is 0 Å². The highest BCUT2D eigenvalue weighted by molar-refractivity contribution is 8.72. The molecule has 0 spiro atoms. The van der Waals surface area contributed by atoms with E-state index in [-0.39, 0.29) is 0 Å². The summed E-state index contributed by atoms with van der Waals surface area (Å²) in [6, 6.07) is 14.5. The lowest BCUT2D eigenvalue weighted by atomic mass is 10.2. The van der Waals surface area contributed by atoms with Gasteiger partial charge in [0.05, 0.1) is 15.1 Å². The molecule has 1 aromatic heterocycles. The van der Waals surface area contributed by atoms with Gasteiger partial charge in [-0.2, -0.15) is 0 Å². The molecular weight excluding hydrogens is 310 g/mol. The van der Waals surface area contributed by atoms with Gasteiger partial charge in [-0.05, 0) is 31.2 Å². The summed E-state index contributed by atoms with van der Waals surface area (Å²) in [5.74, 6) is 0. The Bertz CT molecular complexity index is 819. The van der Waals surface area contributed by atoms with Crippen LogP contribution in [-0.4, -0.2) is 13.4 Å². The third-order valence-corrected chi connectivity index (χ3v) is 7.42. The highest BCUT2D eigenvalue weighted by Gasteiger charge is 2.19. The van der Waals surface area contributed by atoms with E-state index in [1.54, 1.807) is 24.3 Å². The molecule has 0 radical (unpaired) electrons. The predicted molar refractivity (Wildman–Crippen MR) is 83.8 cm³/mol. The van der Waals surface area contributed by atoms with Crippen LogP contribution in [0.5, 0.6) is 0 Å². The SMILES string of the molecule is Cc1ccc(S(=O)(=O)Sc2nc3ccccc3s2)cc1. The molecule has 0 saturated heterocycles. The first-order chi connectivity index (χ1) is 9.54. The third-order valence-electron chi connectivity index (χ3n) is 2.76. The Morgan fingerprint density at radius 2 is 1.75 bits per heavy atom. The van der Waals surface area contributed by atoms with E-state index in [1.807, 2.05) is 31.2 Å². The number of rotatable bonds is 3. The van der Waals surface area contributed by atoms with Crippen molar-refractivity contribution >= 4 is 41.2 Å². The number of aromatic nitrogens is 1. The van der Waals surface area contributed by atoms with Gasteiger partial charge in [-0.1, -0.05) is 29.8 Å². The molecule has 3 aromatic rings. The van der Waals surface area contributed by atoms with Gasteiger partial charge in [-0.3, -0.25) is 0 Å². The average Bonchev–Trinajstić information content (AvgIpc) is 2.80. The smallest absolute Gasteiger partial charge is 0.229 e. The zero-order chi connectivity index (χ0) is 14.2. The lowest BCUT2D eigenvalue weighted by molar-refractivity contribution is 0.610. The van der Waals surface area contributed by atoms with Gasteiger partial charge in [0.25, 0.3) is 0 Å². The van der Waals surface area contributed by atoms with E-state index in [0.717, 1.165) is 26.6 Å². The summed E-state index contributed by atoms with van der Waals surface area (Å²) in [6.07, 6.45) is 0. The average molecular weight is 321 g/mol. The predicted octanol–water partition coefficient (Wildman–Crippen LogP) is 4.09. The van der Waals surface area contributed by atoms with Crippen molar-refractivity contribution in [2.75, 3.05) is 0 Å². The topological polar surface area (TPSA) is 47.0 Å². The fraction of sp³-hybridized carbons (Fsp3) is 0.0714. The van der Waals surface area contributed by atoms with E-state index in [9.17, 15) is 8.42 Å². The van der Waals surface area contributed by atoms with E-state index in [4.69, 9.17) is 0 Å². The second-order valence-electron chi connectivity index (χ2n) is 4.30. The fourth-order valence-corrected chi connectivity index (χ4v) is 6.13. The summed E-state index contributed by atoms with van der Waals surface area (Å²) in [5.41, 5.74) is 1.87. The molecule has 2 aromatic carbocycles. The molecule has 3 rings (SSSR count). The molecule has 6 heteroatoms. The Hall–Kier alpha value is -1.37.